The lowest BCUT2D eigenvalue weighted by atomic mass is 9.64. The zero-order valence-electron chi connectivity index (χ0n) is 11.0. The van der Waals surface area contributed by atoms with Gasteiger partial charge in [0.2, 0.25) is 0 Å². The van der Waals surface area contributed by atoms with Crippen LogP contribution in [0.1, 0.15) is 38.5 Å². The molecular weight excluding hydrogens is 230 g/mol. The van der Waals surface area contributed by atoms with Crippen molar-refractivity contribution in [3.05, 3.63) is 22.4 Å². The third-order valence-electron chi connectivity index (χ3n) is 3.83. The van der Waals surface area contributed by atoms with Crippen LogP contribution < -0.4 is 5.32 Å². The fourth-order valence-corrected chi connectivity index (χ4v) is 3.04. The van der Waals surface area contributed by atoms with Gasteiger partial charge in [-0.05, 0) is 30.8 Å². The molecule has 1 aromatic heterocycles. The molecule has 1 saturated carbocycles. The summed E-state index contributed by atoms with van der Waals surface area (Å²) in [5.41, 5.74) is 0.270. The summed E-state index contributed by atoms with van der Waals surface area (Å²) in [7, 11) is 0. The maximum absolute atomic E-state index is 6.02. The molecule has 2 rings (SSSR count). The monoisotopic (exact) mass is 253 g/mol. The van der Waals surface area contributed by atoms with Gasteiger partial charge in [0.1, 0.15) is 0 Å². The first-order valence-corrected chi connectivity index (χ1v) is 7.40. The van der Waals surface area contributed by atoms with Crippen LogP contribution in [0.4, 0.5) is 0 Å². The number of thiophene rings is 1. The Labute approximate surface area is 108 Å². The predicted octanol–water partition coefficient (Wildman–Crippen LogP) is 3.43. The van der Waals surface area contributed by atoms with Crippen LogP contribution in [0.2, 0.25) is 0 Å². The van der Waals surface area contributed by atoms with Gasteiger partial charge in [0.05, 0.1) is 12.7 Å². The van der Waals surface area contributed by atoms with Gasteiger partial charge in [0.25, 0.3) is 0 Å². The molecule has 0 spiro atoms. The van der Waals surface area contributed by atoms with Gasteiger partial charge in [0.15, 0.2) is 0 Å². The van der Waals surface area contributed by atoms with E-state index in [0.717, 1.165) is 19.6 Å². The molecular formula is C14H23NOS. The Morgan fingerprint density at radius 1 is 1.53 bits per heavy atom. The molecule has 0 amide bonds. The molecule has 1 aliphatic rings. The minimum Gasteiger partial charge on any atom is -0.372 e. The average molecular weight is 253 g/mol. The molecule has 0 radical (unpaired) electrons. The van der Waals surface area contributed by atoms with Crippen molar-refractivity contribution in [1.82, 2.24) is 5.32 Å². The largest absolute Gasteiger partial charge is 0.372 e. The van der Waals surface area contributed by atoms with E-state index < -0.39 is 0 Å². The SMILES string of the molecule is CCCNC1CC(OCc2cccs2)C1(C)C. The summed E-state index contributed by atoms with van der Waals surface area (Å²) in [6, 6.07) is 4.85. The van der Waals surface area contributed by atoms with E-state index >= 15 is 0 Å². The van der Waals surface area contributed by atoms with Gasteiger partial charge in [-0.1, -0.05) is 26.8 Å². The van der Waals surface area contributed by atoms with Crippen LogP contribution in [0, 0.1) is 5.41 Å². The molecule has 1 N–H and O–H groups in total. The molecule has 2 atom stereocenters. The van der Waals surface area contributed by atoms with Crippen LogP contribution in [0.15, 0.2) is 17.5 Å². The van der Waals surface area contributed by atoms with Gasteiger partial charge < -0.3 is 10.1 Å². The van der Waals surface area contributed by atoms with Gasteiger partial charge in [0, 0.05) is 16.3 Å². The van der Waals surface area contributed by atoms with Crippen molar-refractivity contribution in [1.29, 1.82) is 0 Å². The summed E-state index contributed by atoms with van der Waals surface area (Å²) < 4.78 is 6.02. The zero-order valence-corrected chi connectivity index (χ0v) is 11.8. The van der Waals surface area contributed by atoms with Crippen LogP contribution in [0.3, 0.4) is 0 Å². The maximum atomic E-state index is 6.02. The van der Waals surface area contributed by atoms with Gasteiger partial charge in [-0.2, -0.15) is 0 Å². The lowest BCUT2D eigenvalue weighted by Crippen LogP contribution is -2.60. The van der Waals surface area contributed by atoms with Crippen molar-refractivity contribution in [2.45, 2.75) is 52.4 Å². The summed E-state index contributed by atoms with van der Waals surface area (Å²) in [6.07, 6.45) is 2.75. The Bertz CT molecular complexity index is 334. The van der Waals surface area contributed by atoms with E-state index in [-0.39, 0.29) is 5.41 Å². The van der Waals surface area contributed by atoms with E-state index in [0.29, 0.717) is 12.1 Å². The Balaban J connectivity index is 1.77. The minimum absolute atomic E-state index is 0.270. The van der Waals surface area contributed by atoms with E-state index in [1.54, 1.807) is 11.3 Å². The Morgan fingerprint density at radius 3 is 2.94 bits per heavy atom. The van der Waals surface area contributed by atoms with Gasteiger partial charge in [-0.15, -0.1) is 11.3 Å². The normalized spacial score (nSPS) is 26.8. The van der Waals surface area contributed by atoms with Crippen LogP contribution in [0.5, 0.6) is 0 Å². The van der Waals surface area contributed by atoms with E-state index in [1.165, 1.54) is 11.3 Å². The molecule has 0 saturated heterocycles. The smallest absolute Gasteiger partial charge is 0.0813 e. The molecule has 0 bridgehead atoms. The first kappa shape index (κ1) is 13.1. The molecule has 17 heavy (non-hydrogen) atoms. The molecule has 3 heteroatoms. The molecule has 0 aromatic carbocycles. The number of rotatable bonds is 6. The van der Waals surface area contributed by atoms with Crippen LogP contribution in [-0.4, -0.2) is 18.7 Å². The standard InChI is InChI=1S/C14H23NOS/c1-4-7-15-12-9-13(14(12,2)3)16-10-11-6-5-8-17-11/h5-6,8,12-13,15H,4,7,9-10H2,1-3H3. The maximum Gasteiger partial charge on any atom is 0.0813 e. The lowest BCUT2D eigenvalue weighted by molar-refractivity contribution is -0.124. The summed E-state index contributed by atoms with van der Waals surface area (Å²) >= 11 is 1.77. The molecule has 96 valence electrons. The third-order valence-corrected chi connectivity index (χ3v) is 4.68. The summed E-state index contributed by atoms with van der Waals surface area (Å²) in [6.45, 7) is 8.72. The topological polar surface area (TPSA) is 21.3 Å². The van der Waals surface area contributed by atoms with Crippen molar-refractivity contribution in [3.63, 3.8) is 0 Å². The van der Waals surface area contributed by atoms with Crippen LogP contribution in [-0.2, 0) is 11.3 Å². The lowest BCUT2D eigenvalue weighted by Gasteiger charge is -2.52. The highest BCUT2D eigenvalue weighted by Crippen LogP contribution is 2.43. The fraction of sp³-hybridized carbons (Fsp3) is 0.714. The number of hydrogen-bond acceptors (Lipinski definition) is 3. The van der Waals surface area contributed by atoms with Gasteiger partial charge in [-0.25, -0.2) is 0 Å². The van der Waals surface area contributed by atoms with Crippen molar-refractivity contribution < 1.29 is 4.74 Å². The molecule has 1 aromatic rings. The predicted molar refractivity (Wildman–Crippen MR) is 73.4 cm³/mol. The zero-order chi connectivity index (χ0) is 12.3. The first-order chi connectivity index (χ1) is 8.14. The second kappa shape index (κ2) is 5.51. The van der Waals surface area contributed by atoms with Gasteiger partial charge >= 0.3 is 0 Å². The van der Waals surface area contributed by atoms with Crippen molar-refractivity contribution in [2.75, 3.05) is 6.54 Å². The molecule has 1 heterocycles. The van der Waals surface area contributed by atoms with Crippen molar-refractivity contribution >= 4 is 11.3 Å². The van der Waals surface area contributed by atoms with E-state index in [4.69, 9.17) is 4.74 Å². The fourth-order valence-electron chi connectivity index (χ4n) is 2.41. The number of hydrogen-bond donors (Lipinski definition) is 1. The van der Waals surface area contributed by atoms with E-state index in [9.17, 15) is 0 Å². The van der Waals surface area contributed by atoms with Crippen molar-refractivity contribution in [3.8, 4) is 0 Å². The Morgan fingerprint density at radius 2 is 2.35 bits per heavy atom. The summed E-state index contributed by atoms with van der Waals surface area (Å²) in [5.74, 6) is 0. The highest BCUT2D eigenvalue weighted by molar-refractivity contribution is 7.09. The second-order valence-corrected chi connectivity index (χ2v) is 6.48. The molecule has 1 aliphatic carbocycles. The molecule has 1 fully saturated rings. The minimum atomic E-state index is 0.270. The highest BCUT2D eigenvalue weighted by Gasteiger charge is 2.48. The van der Waals surface area contributed by atoms with E-state index in [1.807, 2.05) is 0 Å². The van der Waals surface area contributed by atoms with Gasteiger partial charge in [-0.3, -0.25) is 0 Å². The molecule has 0 aliphatic heterocycles. The van der Waals surface area contributed by atoms with Crippen LogP contribution >= 0.6 is 11.3 Å². The van der Waals surface area contributed by atoms with Crippen LogP contribution in [0.25, 0.3) is 0 Å². The third kappa shape index (κ3) is 2.90. The number of nitrogens with one attached hydrogen (secondary N) is 1. The Kier molecular flexibility index (Phi) is 4.23. The number of ether oxygens (including phenoxy) is 1. The molecule has 2 nitrogen and oxygen atoms in total. The highest BCUT2D eigenvalue weighted by atomic mass is 32.1. The quantitative estimate of drug-likeness (QED) is 0.838. The van der Waals surface area contributed by atoms with E-state index in [2.05, 4.69) is 43.6 Å². The average Bonchev–Trinajstić information content (AvgIpc) is 2.80. The Hall–Kier alpha value is -0.380. The molecule has 2 unspecified atom stereocenters. The summed E-state index contributed by atoms with van der Waals surface area (Å²) in [4.78, 5) is 1.32. The summed E-state index contributed by atoms with van der Waals surface area (Å²) in [5, 5.41) is 5.71. The van der Waals surface area contributed by atoms with Crippen molar-refractivity contribution in [2.24, 2.45) is 5.41 Å². The first-order valence-electron chi connectivity index (χ1n) is 6.52. The second-order valence-electron chi connectivity index (χ2n) is 5.44.